The Morgan fingerprint density at radius 2 is 2.05 bits per heavy atom. The highest BCUT2D eigenvalue weighted by molar-refractivity contribution is 5.69. The second-order valence-electron chi connectivity index (χ2n) is 5.47. The summed E-state index contributed by atoms with van der Waals surface area (Å²) in [5.74, 6) is 0.250. The lowest BCUT2D eigenvalue weighted by Gasteiger charge is -2.33. The molecule has 2 aromatic rings. The molecule has 4 rings (SSSR count). The predicted molar refractivity (Wildman–Crippen MR) is 78.5 cm³/mol. The quantitative estimate of drug-likeness (QED) is 0.849. The molecule has 1 aromatic heterocycles. The summed E-state index contributed by atoms with van der Waals surface area (Å²) in [6.07, 6.45) is 9.94. The maximum absolute atomic E-state index is 5.83. The Morgan fingerprint density at radius 3 is 2.86 bits per heavy atom. The number of ether oxygens (including phenoxy) is 2. The fourth-order valence-electron chi connectivity index (χ4n) is 3.20. The van der Waals surface area contributed by atoms with Crippen molar-refractivity contribution in [1.29, 1.82) is 0 Å². The second-order valence-corrected chi connectivity index (χ2v) is 5.47. The molecular weight excluding hydrogens is 266 g/mol. The standard InChI is InChI=1S/C17H17NO3/c1-2-13(4-5-16-18-8-9-19-16)15-6-7-17(12-14(15)3-1)20-10-11-21-17/h1-5,8-9H,6-7,10-12H2. The van der Waals surface area contributed by atoms with Crippen molar-refractivity contribution in [1.82, 2.24) is 4.98 Å². The SMILES string of the molecule is C(=Cc1cccc2c1CCC1(C2)OCCO1)c1ncco1. The molecule has 108 valence electrons. The maximum atomic E-state index is 5.83. The van der Waals surface area contributed by atoms with Gasteiger partial charge in [0.05, 0.1) is 19.4 Å². The number of rotatable bonds is 2. The van der Waals surface area contributed by atoms with Crippen molar-refractivity contribution in [2.45, 2.75) is 25.0 Å². The van der Waals surface area contributed by atoms with Crippen LogP contribution >= 0.6 is 0 Å². The van der Waals surface area contributed by atoms with Crippen molar-refractivity contribution < 1.29 is 13.9 Å². The van der Waals surface area contributed by atoms with E-state index in [4.69, 9.17) is 13.9 Å². The van der Waals surface area contributed by atoms with E-state index in [0.29, 0.717) is 19.1 Å². The van der Waals surface area contributed by atoms with Gasteiger partial charge < -0.3 is 13.9 Å². The normalized spacial score (nSPS) is 20.2. The lowest BCUT2D eigenvalue weighted by molar-refractivity contribution is -0.163. The summed E-state index contributed by atoms with van der Waals surface area (Å²) in [7, 11) is 0. The molecule has 0 saturated carbocycles. The Morgan fingerprint density at radius 1 is 1.14 bits per heavy atom. The van der Waals surface area contributed by atoms with E-state index in [9.17, 15) is 0 Å². The van der Waals surface area contributed by atoms with E-state index in [1.165, 1.54) is 16.7 Å². The Kier molecular flexibility index (Phi) is 3.13. The number of hydrogen-bond acceptors (Lipinski definition) is 4. The molecule has 2 heterocycles. The summed E-state index contributed by atoms with van der Waals surface area (Å²) >= 11 is 0. The van der Waals surface area contributed by atoms with Crippen LogP contribution in [0, 0.1) is 0 Å². The first kappa shape index (κ1) is 12.8. The zero-order chi connectivity index (χ0) is 14.1. The third-order valence-electron chi connectivity index (χ3n) is 4.20. The molecule has 21 heavy (non-hydrogen) atoms. The fourth-order valence-corrected chi connectivity index (χ4v) is 3.20. The minimum Gasteiger partial charge on any atom is -0.445 e. The van der Waals surface area contributed by atoms with Gasteiger partial charge in [-0.25, -0.2) is 4.98 Å². The Bertz CT molecular complexity index is 655. The second kappa shape index (κ2) is 5.13. The van der Waals surface area contributed by atoms with E-state index in [1.54, 1.807) is 12.5 Å². The van der Waals surface area contributed by atoms with Crippen molar-refractivity contribution >= 4 is 12.2 Å². The average molecular weight is 283 g/mol. The number of hydrogen-bond donors (Lipinski definition) is 0. The molecule has 0 amide bonds. The van der Waals surface area contributed by atoms with Crippen molar-refractivity contribution in [3.8, 4) is 0 Å². The fraction of sp³-hybridized carbons (Fsp3) is 0.353. The van der Waals surface area contributed by atoms with Crippen LogP contribution in [0.25, 0.3) is 12.2 Å². The van der Waals surface area contributed by atoms with Crippen LogP contribution in [0.1, 0.15) is 29.0 Å². The molecule has 0 unspecified atom stereocenters. The summed E-state index contributed by atoms with van der Waals surface area (Å²) in [4.78, 5) is 4.11. The van der Waals surface area contributed by atoms with Gasteiger partial charge in [-0.15, -0.1) is 0 Å². The molecule has 1 spiro atoms. The summed E-state index contributed by atoms with van der Waals surface area (Å²) in [6, 6.07) is 6.39. The van der Waals surface area contributed by atoms with Crippen LogP contribution in [0.4, 0.5) is 0 Å². The Labute approximate surface area is 123 Å². The number of fused-ring (bicyclic) bond motifs is 1. The number of benzene rings is 1. The predicted octanol–water partition coefficient (Wildman–Crippen LogP) is 3.08. The number of aromatic nitrogens is 1. The van der Waals surface area contributed by atoms with Crippen molar-refractivity contribution in [2.24, 2.45) is 0 Å². The van der Waals surface area contributed by atoms with Gasteiger partial charge in [-0.2, -0.15) is 0 Å². The third-order valence-corrected chi connectivity index (χ3v) is 4.20. The molecule has 1 aliphatic heterocycles. The number of oxazole rings is 1. The van der Waals surface area contributed by atoms with E-state index in [2.05, 4.69) is 29.3 Å². The molecule has 0 radical (unpaired) electrons. The highest BCUT2D eigenvalue weighted by Crippen LogP contribution is 2.36. The van der Waals surface area contributed by atoms with E-state index in [1.807, 2.05) is 6.08 Å². The van der Waals surface area contributed by atoms with Crippen LogP contribution in [0.3, 0.4) is 0 Å². The van der Waals surface area contributed by atoms with E-state index in [-0.39, 0.29) is 5.79 Å². The zero-order valence-electron chi connectivity index (χ0n) is 11.7. The van der Waals surface area contributed by atoms with Gasteiger partial charge in [-0.1, -0.05) is 18.2 Å². The highest BCUT2D eigenvalue weighted by atomic mass is 16.7. The van der Waals surface area contributed by atoms with Crippen LogP contribution in [-0.4, -0.2) is 24.0 Å². The van der Waals surface area contributed by atoms with Gasteiger partial charge in [0.1, 0.15) is 6.26 Å². The summed E-state index contributed by atoms with van der Waals surface area (Å²) in [6.45, 7) is 1.41. The number of nitrogens with zero attached hydrogens (tertiary/aromatic N) is 1. The molecule has 1 fully saturated rings. The molecule has 4 heteroatoms. The first-order valence-corrected chi connectivity index (χ1v) is 7.31. The Hall–Kier alpha value is -1.91. The highest BCUT2D eigenvalue weighted by Gasteiger charge is 2.39. The molecule has 0 N–H and O–H groups in total. The lowest BCUT2D eigenvalue weighted by Crippen LogP contribution is -2.37. The molecule has 0 bridgehead atoms. The third kappa shape index (κ3) is 2.41. The van der Waals surface area contributed by atoms with Gasteiger partial charge in [0.25, 0.3) is 0 Å². The van der Waals surface area contributed by atoms with Gasteiger partial charge in [-0.05, 0) is 29.2 Å². The van der Waals surface area contributed by atoms with Crippen molar-refractivity contribution in [3.63, 3.8) is 0 Å². The van der Waals surface area contributed by atoms with E-state index < -0.39 is 0 Å². The van der Waals surface area contributed by atoms with Crippen LogP contribution < -0.4 is 0 Å². The average Bonchev–Trinajstić information content (AvgIpc) is 3.17. The topological polar surface area (TPSA) is 44.5 Å². The van der Waals surface area contributed by atoms with Crippen molar-refractivity contribution in [2.75, 3.05) is 13.2 Å². The minimum atomic E-state index is -0.377. The van der Waals surface area contributed by atoms with Gasteiger partial charge in [-0.3, -0.25) is 0 Å². The van der Waals surface area contributed by atoms with Crippen LogP contribution in [0.2, 0.25) is 0 Å². The van der Waals surface area contributed by atoms with Gasteiger partial charge in [0.15, 0.2) is 5.79 Å². The van der Waals surface area contributed by atoms with Gasteiger partial charge in [0.2, 0.25) is 5.89 Å². The summed E-state index contributed by atoms with van der Waals surface area (Å²) in [5.41, 5.74) is 3.92. The van der Waals surface area contributed by atoms with Gasteiger partial charge in [0, 0.05) is 18.9 Å². The first-order chi connectivity index (χ1) is 10.3. The summed E-state index contributed by atoms with van der Waals surface area (Å²) < 4.78 is 16.9. The molecular formula is C17H17NO3. The monoisotopic (exact) mass is 283 g/mol. The summed E-state index contributed by atoms with van der Waals surface area (Å²) in [5, 5.41) is 0. The maximum Gasteiger partial charge on any atom is 0.218 e. The molecule has 1 aromatic carbocycles. The molecule has 2 aliphatic rings. The Balaban J connectivity index is 1.63. The van der Waals surface area contributed by atoms with Crippen LogP contribution in [-0.2, 0) is 22.3 Å². The van der Waals surface area contributed by atoms with E-state index >= 15 is 0 Å². The smallest absolute Gasteiger partial charge is 0.218 e. The molecule has 1 aliphatic carbocycles. The minimum absolute atomic E-state index is 0.377. The van der Waals surface area contributed by atoms with Gasteiger partial charge >= 0.3 is 0 Å². The molecule has 1 saturated heterocycles. The van der Waals surface area contributed by atoms with E-state index in [0.717, 1.165) is 19.3 Å². The van der Waals surface area contributed by atoms with Crippen LogP contribution in [0.15, 0.2) is 35.1 Å². The largest absolute Gasteiger partial charge is 0.445 e. The molecule has 0 atom stereocenters. The molecule has 4 nitrogen and oxygen atoms in total. The zero-order valence-corrected chi connectivity index (χ0v) is 11.7. The first-order valence-electron chi connectivity index (χ1n) is 7.31. The van der Waals surface area contributed by atoms with Crippen molar-refractivity contribution in [3.05, 3.63) is 53.2 Å². The lowest BCUT2D eigenvalue weighted by atomic mass is 9.84. The van der Waals surface area contributed by atoms with Crippen LogP contribution in [0.5, 0.6) is 0 Å².